The first-order valence-electron chi connectivity index (χ1n) is 11.0. The number of pyridine rings is 1. The highest BCUT2D eigenvalue weighted by Gasteiger charge is 2.24. The van der Waals surface area contributed by atoms with E-state index in [0.29, 0.717) is 12.0 Å². The van der Waals surface area contributed by atoms with Gasteiger partial charge in [0.05, 0.1) is 18.0 Å². The molecule has 6 nitrogen and oxygen atoms in total. The third kappa shape index (κ3) is 4.03. The lowest BCUT2D eigenvalue weighted by atomic mass is 9.93. The van der Waals surface area contributed by atoms with Crippen molar-refractivity contribution in [2.45, 2.75) is 51.2 Å². The number of benzene rings is 1. The van der Waals surface area contributed by atoms with E-state index < -0.39 is 0 Å². The molecular weight excluding hydrogens is 386 g/mol. The lowest BCUT2D eigenvalue weighted by Crippen LogP contribution is -2.20. The third-order valence-corrected chi connectivity index (χ3v) is 6.22. The normalized spacial score (nSPS) is 18.9. The van der Waals surface area contributed by atoms with Crippen LogP contribution < -0.4 is 5.32 Å². The van der Waals surface area contributed by atoms with Gasteiger partial charge in [0.2, 0.25) is 5.95 Å². The summed E-state index contributed by atoms with van der Waals surface area (Å²) in [5.41, 5.74) is 5.44. The SMILES string of the molecule is CCc1ccc(-c2cn(C3CCC(O)CC3)c3nc(Nc4cccnc4)ncc23)cc1. The highest BCUT2D eigenvalue weighted by molar-refractivity contribution is 5.94. The molecule has 6 heteroatoms. The summed E-state index contributed by atoms with van der Waals surface area (Å²) in [6.45, 7) is 2.17. The molecule has 4 aromatic rings. The van der Waals surface area contributed by atoms with E-state index in [0.717, 1.165) is 54.4 Å². The maximum absolute atomic E-state index is 9.98. The fraction of sp³-hybridized carbons (Fsp3) is 0.320. The molecule has 0 atom stereocenters. The van der Waals surface area contributed by atoms with E-state index in [1.54, 1.807) is 12.4 Å². The maximum atomic E-state index is 9.98. The Morgan fingerprint density at radius 3 is 2.58 bits per heavy atom. The van der Waals surface area contributed by atoms with Gasteiger partial charge in [0.25, 0.3) is 0 Å². The molecule has 3 aromatic heterocycles. The molecule has 1 aliphatic rings. The smallest absolute Gasteiger partial charge is 0.229 e. The number of hydrogen-bond acceptors (Lipinski definition) is 5. The standard InChI is InChI=1S/C25H27N5O/c1-2-17-5-7-18(8-6-17)23-16-30(20-9-11-21(31)12-10-20)24-22(23)15-27-25(29-24)28-19-4-3-13-26-14-19/h3-8,13-16,20-21,31H,2,9-12H2,1H3,(H,27,28,29). The summed E-state index contributed by atoms with van der Waals surface area (Å²) in [4.78, 5) is 13.6. The van der Waals surface area contributed by atoms with Gasteiger partial charge in [-0.25, -0.2) is 4.98 Å². The Morgan fingerprint density at radius 2 is 1.87 bits per heavy atom. The van der Waals surface area contributed by atoms with Crippen LogP contribution in [0.5, 0.6) is 0 Å². The first-order valence-corrected chi connectivity index (χ1v) is 11.0. The molecule has 0 unspecified atom stereocenters. The molecule has 1 saturated carbocycles. The Hall–Kier alpha value is -3.25. The number of nitrogens with one attached hydrogen (secondary N) is 1. The van der Waals surface area contributed by atoms with Crippen LogP contribution in [-0.2, 0) is 6.42 Å². The number of aliphatic hydroxyl groups excluding tert-OH is 1. The Labute approximate surface area is 182 Å². The predicted octanol–water partition coefficient (Wildman–Crippen LogP) is 5.28. The quantitative estimate of drug-likeness (QED) is 0.466. The number of fused-ring (bicyclic) bond motifs is 1. The molecule has 3 heterocycles. The van der Waals surface area contributed by atoms with Crippen LogP contribution in [0, 0.1) is 0 Å². The van der Waals surface area contributed by atoms with Crippen molar-refractivity contribution in [3.8, 4) is 11.1 Å². The van der Waals surface area contributed by atoms with E-state index in [2.05, 4.69) is 57.2 Å². The predicted molar refractivity (Wildman–Crippen MR) is 123 cm³/mol. The maximum Gasteiger partial charge on any atom is 0.229 e. The fourth-order valence-corrected chi connectivity index (χ4v) is 4.42. The highest BCUT2D eigenvalue weighted by atomic mass is 16.3. The van der Waals surface area contributed by atoms with E-state index >= 15 is 0 Å². The van der Waals surface area contributed by atoms with Crippen molar-refractivity contribution < 1.29 is 5.11 Å². The van der Waals surface area contributed by atoms with Crippen molar-refractivity contribution in [1.29, 1.82) is 0 Å². The number of hydrogen-bond donors (Lipinski definition) is 2. The summed E-state index contributed by atoms with van der Waals surface area (Å²) in [7, 11) is 0. The van der Waals surface area contributed by atoms with Crippen molar-refractivity contribution in [3.63, 3.8) is 0 Å². The topological polar surface area (TPSA) is 75.9 Å². The van der Waals surface area contributed by atoms with Gasteiger partial charge in [0.15, 0.2) is 0 Å². The molecular formula is C25H27N5O. The molecule has 1 aliphatic carbocycles. The Kier molecular flexibility index (Phi) is 5.38. The van der Waals surface area contributed by atoms with Crippen molar-refractivity contribution in [2.75, 3.05) is 5.32 Å². The number of anilines is 2. The molecule has 1 fully saturated rings. The summed E-state index contributed by atoms with van der Waals surface area (Å²) in [6, 6.07) is 12.9. The molecule has 31 heavy (non-hydrogen) atoms. The number of rotatable bonds is 5. The summed E-state index contributed by atoms with van der Waals surface area (Å²) in [5, 5.41) is 14.3. The van der Waals surface area contributed by atoms with Crippen LogP contribution in [0.15, 0.2) is 61.2 Å². The Bertz CT molecular complexity index is 1160. The molecule has 0 spiro atoms. The lowest BCUT2D eigenvalue weighted by molar-refractivity contribution is 0.111. The van der Waals surface area contributed by atoms with Gasteiger partial charge in [-0.2, -0.15) is 4.98 Å². The van der Waals surface area contributed by atoms with Crippen LogP contribution >= 0.6 is 0 Å². The van der Waals surface area contributed by atoms with Crippen molar-refractivity contribution in [1.82, 2.24) is 19.5 Å². The van der Waals surface area contributed by atoms with E-state index in [1.165, 1.54) is 11.1 Å². The average molecular weight is 414 g/mol. The molecule has 0 amide bonds. The van der Waals surface area contributed by atoms with Crippen molar-refractivity contribution >= 4 is 22.7 Å². The second kappa shape index (κ2) is 8.47. The molecule has 1 aromatic carbocycles. The Balaban J connectivity index is 1.58. The fourth-order valence-electron chi connectivity index (χ4n) is 4.42. The molecule has 0 radical (unpaired) electrons. The molecule has 158 valence electrons. The van der Waals surface area contributed by atoms with E-state index in [4.69, 9.17) is 4.98 Å². The van der Waals surface area contributed by atoms with Gasteiger partial charge in [0, 0.05) is 35.6 Å². The average Bonchev–Trinajstić information content (AvgIpc) is 3.19. The van der Waals surface area contributed by atoms with Crippen LogP contribution in [-0.4, -0.2) is 30.7 Å². The molecule has 0 aliphatic heterocycles. The van der Waals surface area contributed by atoms with Gasteiger partial charge >= 0.3 is 0 Å². The van der Waals surface area contributed by atoms with Gasteiger partial charge in [-0.1, -0.05) is 31.2 Å². The van der Waals surface area contributed by atoms with Crippen molar-refractivity contribution in [2.24, 2.45) is 0 Å². The largest absolute Gasteiger partial charge is 0.393 e. The van der Waals surface area contributed by atoms with Crippen LogP contribution in [0.1, 0.15) is 44.2 Å². The third-order valence-electron chi connectivity index (χ3n) is 6.22. The van der Waals surface area contributed by atoms with Gasteiger partial charge in [-0.3, -0.25) is 4.98 Å². The number of aromatic nitrogens is 4. The number of aryl methyl sites for hydroxylation is 1. The van der Waals surface area contributed by atoms with Gasteiger partial charge in [0.1, 0.15) is 5.65 Å². The van der Waals surface area contributed by atoms with Crippen LogP contribution in [0.25, 0.3) is 22.2 Å². The van der Waals surface area contributed by atoms with Gasteiger partial charge in [-0.05, 0) is 55.4 Å². The van der Waals surface area contributed by atoms with Crippen LogP contribution in [0.4, 0.5) is 11.6 Å². The molecule has 2 N–H and O–H groups in total. The lowest BCUT2D eigenvalue weighted by Gasteiger charge is -2.27. The summed E-state index contributed by atoms with van der Waals surface area (Å²) >= 11 is 0. The first kappa shape index (κ1) is 19.7. The van der Waals surface area contributed by atoms with Crippen molar-refractivity contribution in [3.05, 3.63) is 66.7 Å². The van der Waals surface area contributed by atoms with Gasteiger partial charge < -0.3 is 15.0 Å². The second-order valence-corrected chi connectivity index (χ2v) is 8.26. The molecule has 0 bridgehead atoms. The van der Waals surface area contributed by atoms with Crippen LogP contribution in [0.2, 0.25) is 0 Å². The monoisotopic (exact) mass is 413 g/mol. The molecule has 0 saturated heterocycles. The zero-order valence-electron chi connectivity index (χ0n) is 17.7. The van der Waals surface area contributed by atoms with Gasteiger partial charge in [-0.15, -0.1) is 0 Å². The van der Waals surface area contributed by atoms with E-state index in [-0.39, 0.29) is 6.10 Å². The summed E-state index contributed by atoms with van der Waals surface area (Å²) in [5.74, 6) is 0.559. The molecule has 5 rings (SSSR count). The zero-order chi connectivity index (χ0) is 21.2. The minimum absolute atomic E-state index is 0.184. The zero-order valence-corrected chi connectivity index (χ0v) is 17.7. The highest BCUT2D eigenvalue weighted by Crippen LogP contribution is 2.36. The summed E-state index contributed by atoms with van der Waals surface area (Å²) in [6.07, 6.45) is 12.0. The minimum Gasteiger partial charge on any atom is -0.393 e. The Morgan fingerprint density at radius 1 is 1.06 bits per heavy atom. The number of aliphatic hydroxyl groups is 1. The minimum atomic E-state index is -0.184. The van der Waals surface area contributed by atoms with E-state index in [1.807, 2.05) is 18.3 Å². The first-order chi connectivity index (χ1) is 15.2. The number of nitrogens with zero attached hydrogens (tertiary/aromatic N) is 4. The van der Waals surface area contributed by atoms with E-state index in [9.17, 15) is 5.11 Å². The second-order valence-electron chi connectivity index (χ2n) is 8.26. The summed E-state index contributed by atoms with van der Waals surface area (Å²) < 4.78 is 2.29. The van der Waals surface area contributed by atoms with Crippen LogP contribution in [0.3, 0.4) is 0 Å².